The second-order valence-corrected chi connectivity index (χ2v) is 9.17. The number of nitrogens with one attached hydrogen (secondary N) is 1. The number of anilines is 1. The van der Waals surface area contributed by atoms with Crippen LogP contribution in [0.5, 0.6) is 0 Å². The summed E-state index contributed by atoms with van der Waals surface area (Å²) in [5.41, 5.74) is 2.06. The van der Waals surface area contributed by atoms with Gasteiger partial charge in [0, 0.05) is 27.8 Å². The summed E-state index contributed by atoms with van der Waals surface area (Å²) in [6, 6.07) is 9.64. The van der Waals surface area contributed by atoms with Crippen LogP contribution in [0.3, 0.4) is 0 Å². The molecule has 1 fully saturated rings. The second kappa shape index (κ2) is 9.63. The predicted octanol–water partition coefficient (Wildman–Crippen LogP) is 6.17. The summed E-state index contributed by atoms with van der Waals surface area (Å²) in [7, 11) is 0. The maximum Gasteiger partial charge on any atom is 0.303 e. The number of hydrogen-bond acceptors (Lipinski definition) is 3. The lowest BCUT2D eigenvalue weighted by Gasteiger charge is -2.27. The first kappa shape index (κ1) is 21.7. The van der Waals surface area contributed by atoms with E-state index in [1.54, 1.807) is 17.8 Å². The second-order valence-electron chi connectivity index (χ2n) is 7.42. The van der Waals surface area contributed by atoms with Gasteiger partial charge in [0.25, 0.3) is 5.91 Å². The Morgan fingerprint density at radius 1 is 1.17 bits per heavy atom. The van der Waals surface area contributed by atoms with Gasteiger partial charge in [-0.05, 0) is 74.4 Å². The normalized spacial score (nSPS) is 19.0. The van der Waals surface area contributed by atoms with Crippen molar-refractivity contribution in [1.82, 2.24) is 0 Å². The molecule has 0 atom stereocenters. The van der Waals surface area contributed by atoms with Crippen LogP contribution >= 0.6 is 23.4 Å². The highest BCUT2D eigenvalue weighted by molar-refractivity contribution is 8.00. The van der Waals surface area contributed by atoms with E-state index < -0.39 is 11.8 Å². The number of aliphatic carboxylic acids is 1. The molecule has 2 N–H and O–H groups in total. The number of halogens is 2. The van der Waals surface area contributed by atoms with Crippen molar-refractivity contribution in [3.63, 3.8) is 0 Å². The molecule has 2 aromatic rings. The molecule has 4 nitrogen and oxygen atoms in total. The minimum Gasteiger partial charge on any atom is -0.481 e. The van der Waals surface area contributed by atoms with Gasteiger partial charge in [-0.1, -0.05) is 17.7 Å². The van der Waals surface area contributed by atoms with E-state index >= 15 is 0 Å². The van der Waals surface area contributed by atoms with Crippen molar-refractivity contribution in [3.8, 4) is 0 Å². The van der Waals surface area contributed by atoms with Crippen LogP contribution in [0.25, 0.3) is 0 Å². The fourth-order valence-corrected chi connectivity index (χ4v) is 5.02. The summed E-state index contributed by atoms with van der Waals surface area (Å²) in [6.07, 6.45) is 4.06. The Morgan fingerprint density at radius 2 is 1.90 bits per heavy atom. The Morgan fingerprint density at radius 3 is 2.55 bits per heavy atom. The molecule has 2 aromatic carbocycles. The number of carboxylic acid groups (broad SMARTS) is 1. The lowest BCUT2D eigenvalue weighted by molar-refractivity contribution is -0.138. The fourth-order valence-electron chi connectivity index (χ4n) is 3.53. The van der Waals surface area contributed by atoms with E-state index in [2.05, 4.69) is 5.32 Å². The molecule has 29 heavy (non-hydrogen) atoms. The van der Waals surface area contributed by atoms with Gasteiger partial charge >= 0.3 is 5.97 Å². The van der Waals surface area contributed by atoms with E-state index in [1.165, 1.54) is 18.2 Å². The third-order valence-electron chi connectivity index (χ3n) is 5.18. The molecule has 1 saturated carbocycles. The SMILES string of the molecule is Cc1ccc(C(=O)Nc2ccc(F)c(Cl)c2)cc1SC1CCC(CC(=O)O)CC1. The van der Waals surface area contributed by atoms with Crippen molar-refractivity contribution >= 4 is 40.9 Å². The lowest BCUT2D eigenvalue weighted by Crippen LogP contribution is -2.18. The van der Waals surface area contributed by atoms with E-state index in [0.717, 1.165) is 36.1 Å². The molecule has 0 unspecified atom stereocenters. The first-order valence-electron chi connectivity index (χ1n) is 9.57. The fraction of sp³-hybridized carbons (Fsp3) is 0.364. The highest BCUT2D eigenvalue weighted by Crippen LogP contribution is 2.38. The number of rotatable bonds is 6. The van der Waals surface area contributed by atoms with Gasteiger partial charge in [-0.3, -0.25) is 9.59 Å². The van der Waals surface area contributed by atoms with Crippen LogP contribution in [0.15, 0.2) is 41.3 Å². The molecule has 0 spiro atoms. The van der Waals surface area contributed by atoms with Crippen molar-refractivity contribution in [2.75, 3.05) is 5.32 Å². The summed E-state index contributed by atoms with van der Waals surface area (Å²) in [5, 5.41) is 12.1. The van der Waals surface area contributed by atoms with Crippen LogP contribution < -0.4 is 5.32 Å². The first-order chi connectivity index (χ1) is 13.8. The molecular formula is C22H23ClFNO3S. The van der Waals surface area contributed by atoms with E-state index in [1.807, 2.05) is 19.1 Å². The van der Waals surface area contributed by atoms with Gasteiger partial charge in [-0.15, -0.1) is 11.8 Å². The third kappa shape index (κ3) is 5.97. The quantitative estimate of drug-likeness (QED) is 0.569. The Balaban J connectivity index is 1.64. The molecule has 1 amide bonds. The standard InChI is InChI=1S/C22H23ClFNO3S/c1-13-2-5-15(22(28)25-16-6-9-19(24)18(23)12-16)11-20(13)29-17-7-3-14(4-8-17)10-21(26)27/h2,5-6,9,11-12,14,17H,3-4,7-8,10H2,1H3,(H,25,28)(H,26,27). The summed E-state index contributed by atoms with van der Waals surface area (Å²) in [4.78, 5) is 24.5. The number of carboxylic acids is 1. The van der Waals surface area contributed by atoms with Gasteiger partial charge in [0.2, 0.25) is 0 Å². The maximum absolute atomic E-state index is 13.3. The van der Waals surface area contributed by atoms with Crippen LogP contribution in [-0.4, -0.2) is 22.2 Å². The molecule has 154 valence electrons. The lowest BCUT2D eigenvalue weighted by atomic mass is 9.87. The predicted molar refractivity (Wildman–Crippen MR) is 114 cm³/mol. The smallest absolute Gasteiger partial charge is 0.303 e. The van der Waals surface area contributed by atoms with Crippen LogP contribution in [0.4, 0.5) is 10.1 Å². The molecule has 0 radical (unpaired) electrons. The first-order valence-corrected chi connectivity index (χ1v) is 10.8. The van der Waals surface area contributed by atoms with E-state index in [-0.39, 0.29) is 23.3 Å². The maximum atomic E-state index is 13.3. The topological polar surface area (TPSA) is 66.4 Å². The monoisotopic (exact) mass is 435 g/mol. The molecule has 3 rings (SSSR count). The number of hydrogen-bond donors (Lipinski definition) is 2. The van der Waals surface area contributed by atoms with Crippen LogP contribution in [0.2, 0.25) is 5.02 Å². The molecule has 0 aliphatic heterocycles. The molecule has 0 bridgehead atoms. The third-order valence-corrected chi connectivity index (χ3v) is 6.97. The average Bonchev–Trinajstić information content (AvgIpc) is 2.67. The largest absolute Gasteiger partial charge is 0.481 e. The van der Waals surface area contributed by atoms with Gasteiger partial charge in [-0.25, -0.2) is 4.39 Å². The van der Waals surface area contributed by atoms with Crippen LogP contribution in [0, 0.1) is 18.7 Å². The number of thioether (sulfide) groups is 1. The van der Waals surface area contributed by atoms with Crippen LogP contribution in [0.1, 0.15) is 48.0 Å². The highest BCUT2D eigenvalue weighted by atomic mass is 35.5. The zero-order valence-corrected chi connectivity index (χ0v) is 17.7. The summed E-state index contributed by atoms with van der Waals surface area (Å²) in [5.74, 6) is -1.26. The van der Waals surface area contributed by atoms with Gasteiger partial charge in [0.15, 0.2) is 0 Å². The van der Waals surface area contributed by atoms with Gasteiger partial charge < -0.3 is 10.4 Å². The molecule has 0 heterocycles. The Bertz CT molecular complexity index is 913. The van der Waals surface area contributed by atoms with Gasteiger partial charge in [-0.2, -0.15) is 0 Å². The molecule has 0 aromatic heterocycles. The van der Waals surface area contributed by atoms with Crippen molar-refractivity contribution < 1.29 is 19.1 Å². The highest BCUT2D eigenvalue weighted by Gasteiger charge is 2.24. The van der Waals surface area contributed by atoms with Crippen molar-refractivity contribution in [3.05, 3.63) is 58.4 Å². The Labute approximate surface area is 178 Å². The van der Waals surface area contributed by atoms with Gasteiger partial charge in [0.1, 0.15) is 5.82 Å². The van der Waals surface area contributed by atoms with Crippen LogP contribution in [-0.2, 0) is 4.79 Å². The van der Waals surface area contributed by atoms with E-state index in [4.69, 9.17) is 16.7 Å². The van der Waals surface area contributed by atoms with Gasteiger partial charge in [0.05, 0.1) is 5.02 Å². The minimum atomic E-state index is -0.724. The van der Waals surface area contributed by atoms with Crippen molar-refractivity contribution in [2.24, 2.45) is 5.92 Å². The number of carbonyl (C=O) groups excluding carboxylic acids is 1. The Hall–Kier alpha value is -2.05. The van der Waals surface area contributed by atoms with E-state index in [0.29, 0.717) is 16.5 Å². The number of benzene rings is 2. The average molecular weight is 436 g/mol. The molecular weight excluding hydrogens is 413 g/mol. The van der Waals surface area contributed by atoms with Crippen molar-refractivity contribution in [1.29, 1.82) is 0 Å². The molecule has 7 heteroatoms. The Kier molecular flexibility index (Phi) is 7.19. The molecule has 0 saturated heterocycles. The minimum absolute atomic E-state index is 0.0403. The number of aryl methyl sites for hydroxylation is 1. The number of carbonyl (C=O) groups is 2. The summed E-state index contributed by atoms with van der Waals surface area (Å²) >= 11 is 7.53. The number of amides is 1. The molecule has 1 aliphatic rings. The van der Waals surface area contributed by atoms with E-state index in [9.17, 15) is 14.0 Å². The van der Waals surface area contributed by atoms with Crippen molar-refractivity contribution in [2.45, 2.75) is 49.2 Å². The molecule has 1 aliphatic carbocycles. The zero-order valence-electron chi connectivity index (χ0n) is 16.1. The summed E-state index contributed by atoms with van der Waals surface area (Å²) in [6.45, 7) is 2.01. The summed E-state index contributed by atoms with van der Waals surface area (Å²) < 4.78 is 13.3. The zero-order chi connectivity index (χ0) is 21.0.